The van der Waals surface area contributed by atoms with Gasteiger partial charge >= 0.3 is 6.18 Å². The van der Waals surface area contributed by atoms with Crippen LogP contribution in [0.2, 0.25) is 0 Å². The number of alkyl halides is 3. The lowest BCUT2D eigenvalue weighted by Gasteiger charge is -2.36. The molecule has 174 valence electrons. The molecule has 2 aliphatic carbocycles. The molecule has 2 aromatic heterocycles. The smallest absolute Gasteiger partial charge is 0.383 e. The number of aromatic nitrogens is 3. The third kappa shape index (κ3) is 3.79. The third-order valence-corrected chi connectivity index (χ3v) is 7.32. The van der Waals surface area contributed by atoms with Gasteiger partial charge in [0.2, 0.25) is 0 Å². The number of nitrogens with zero attached hydrogens (tertiary/aromatic N) is 4. The van der Waals surface area contributed by atoms with Gasteiger partial charge in [-0.15, -0.1) is 0 Å². The van der Waals surface area contributed by atoms with Crippen LogP contribution >= 0.6 is 0 Å². The van der Waals surface area contributed by atoms with E-state index in [0.717, 1.165) is 31.5 Å². The van der Waals surface area contributed by atoms with Crippen LogP contribution in [0.15, 0.2) is 18.3 Å². The molecule has 0 unspecified atom stereocenters. The van der Waals surface area contributed by atoms with Crippen LogP contribution in [0.4, 0.5) is 19.0 Å². The predicted molar refractivity (Wildman–Crippen MR) is 115 cm³/mol. The summed E-state index contributed by atoms with van der Waals surface area (Å²) in [6.07, 6.45) is -0.540. The molecule has 0 bridgehead atoms. The van der Waals surface area contributed by atoms with Crippen LogP contribution in [0.25, 0.3) is 11.3 Å². The van der Waals surface area contributed by atoms with Crippen LogP contribution < -0.4 is 5.73 Å². The molecule has 0 radical (unpaired) electrons. The first-order valence-corrected chi connectivity index (χ1v) is 11.4. The van der Waals surface area contributed by atoms with Gasteiger partial charge in [0.25, 0.3) is 0 Å². The maximum Gasteiger partial charge on any atom is 0.419 e. The Morgan fingerprint density at radius 2 is 1.91 bits per heavy atom. The number of fused-ring (bicyclic) bond motifs is 1. The normalized spacial score (nSPS) is 30.7. The van der Waals surface area contributed by atoms with Gasteiger partial charge in [-0.1, -0.05) is 0 Å². The van der Waals surface area contributed by atoms with E-state index >= 15 is 0 Å². The molecule has 0 amide bonds. The number of hydrogen-bond donors (Lipinski definition) is 1. The van der Waals surface area contributed by atoms with Crippen LogP contribution in [-0.4, -0.2) is 51.5 Å². The van der Waals surface area contributed by atoms with Gasteiger partial charge in [-0.3, -0.25) is 9.58 Å². The van der Waals surface area contributed by atoms with E-state index in [-0.39, 0.29) is 12.1 Å². The molecule has 1 aliphatic heterocycles. The fourth-order valence-electron chi connectivity index (χ4n) is 5.78. The minimum Gasteiger partial charge on any atom is -0.383 e. The van der Waals surface area contributed by atoms with Crippen LogP contribution in [-0.2, 0) is 10.9 Å². The zero-order valence-electron chi connectivity index (χ0n) is 18.6. The molecule has 0 spiro atoms. The SMILES string of the molecule is CC(C)n1nc(-c2cnc(N)c(C(F)(F)F)c2)cc1[C@H]1[C@@H]2C[C@H](N3CCO[C@H](C)C3)C[C@@H]21. The standard InChI is InChI=1S/C23H30F3N5O/c1-12(2)31-20(9-19(29-31)14-6-18(23(24,25)26)22(27)28-10-14)21-16-7-15(8-17(16)21)30-4-5-32-13(3)11-30/h6,9-10,12-13,15-17,21H,4-5,7-8,11H2,1-3H3,(H2,27,28)/t13-,15-,16+,17-,21-/m1/s1. The maximum absolute atomic E-state index is 13.3. The van der Waals surface area contributed by atoms with Crippen LogP contribution in [0, 0.1) is 11.8 Å². The first-order valence-electron chi connectivity index (χ1n) is 11.4. The molecule has 1 saturated heterocycles. The highest BCUT2D eigenvalue weighted by molar-refractivity contribution is 5.63. The van der Waals surface area contributed by atoms with Crippen molar-refractivity contribution < 1.29 is 17.9 Å². The minimum atomic E-state index is -4.55. The molecular formula is C23H30F3N5O. The highest BCUT2D eigenvalue weighted by Gasteiger charge is 2.58. The molecule has 9 heteroatoms. The van der Waals surface area contributed by atoms with Crippen LogP contribution in [0.5, 0.6) is 0 Å². The van der Waals surface area contributed by atoms with Crippen molar-refractivity contribution in [3.8, 4) is 11.3 Å². The van der Waals surface area contributed by atoms with Gasteiger partial charge in [0.05, 0.1) is 24.0 Å². The molecule has 2 N–H and O–H groups in total. The van der Waals surface area contributed by atoms with Gasteiger partial charge in [0, 0.05) is 48.5 Å². The Hall–Kier alpha value is -2.13. The Bertz CT molecular complexity index is 992. The fraction of sp³-hybridized carbons (Fsp3) is 0.652. The molecule has 2 saturated carbocycles. The zero-order chi connectivity index (χ0) is 22.8. The number of pyridine rings is 1. The Kier molecular flexibility index (Phi) is 5.24. The van der Waals surface area contributed by atoms with Crippen molar-refractivity contribution in [1.82, 2.24) is 19.7 Å². The largest absolute Gasteiger partial charge is 0.419 e. The summed E-state index contributed by atoms with van der Waals surface area (Å²) < 4.78 is 47.6. The molecule has 0 aromatic carbocycles. The summed E-state index contributed by atoms with van der Waals surface area (Å²) in [5.74, 6) is 1.16. The number of ether oxygens (including phenoxy) is 1. The summed E-state index contributed by atoms with van der Waals surface area (Å²) in [6, 6.07) is 3.75. The lowest BCUT2D eigenvalue weighted by Crippen LogP contribution is -2.46. The first-order chi connectivity index (χ1) is 15.1. The van der Waals surface area contributed by atoms with Crippen molar-refractivity contribution in [2.45, 2.75) is 63.9 Å². The quantitative estimate of drug-likeness (QED) is 0.752. The van der Waals surface area contributed by atoms with Gasteiger partial charge in [-0.05, 0) is 57.6 Å². The lowest BCUT2D eigenvalue weighted by molar-refractivity contribution is -0.137. The van der Waals surface area contributed by atoms with Crippen molar-refractivity contribution in [1.29, 1.82) is 0 Å². The van der Waals surface area contributed by atoms with Gasteiger partial charge in [0.15, 0.2) is 0 Å². The van der Waals surface area contributed by atoms with E-state index in [9.17, 15) is 13.2 Å². The summed E-state index contributed by atoms with van der Waals surface area (Å²) in [4.78, 5) is 6.35. The number of nitrogens with two attached hydrogens (primary N) is 1. The molecule has 32 heavy (non-hydrogen) atoms. The lowest BCUT2D eigenvalue weighted by atomic mass is 10.0. The summed E-state index contributed by atoms with van der Waals surface area (Å²) >= 11 is 0. The first kappa shape index (κ1) is 21.7. The number of rotatable bonds is 4. The average Bonchev–Trinajstić information content (AvgIpc) is 3.08. The topological polar surface area (TPSA) is 69.2 Å². The highest BCUT2D eigenvalue weighted by Crippen LogP contribution is 2.64. The van der Waals surface area contributed by atoms with E-state index in [0.29, 0.717) is 35.1 Å². The molecule has 3 fully saturated rings. The summed E-state index contributed by atoms with van der Waals surface area (Å²) in [5.41, 5.74) is 6.55. The molecule has 6 nitrogen and oxygen atoms in total. The summed E-state index contributed by atoms with van der Waals surface area (Å²) in [7, 11) is 0. The number of nitrogen functional groups attached to an aromatic ring is 1. The number of hydrogen-bond acceptors (Lipinski definition) is 5. The monoisotopic (exact) mass is 449 g/mol. The Morgan fingerprint density at radius 1 is 1.19 bits per heavy atom. The molecule has 3 aliphatic rings. The van der Waals surface area contributed by atoms with E-state index in [2.05, 4.69) is 35.8 Å². The Morgan fingerprint density at radius 3 is 2.53 bits per heavy atom. The van der Waals surface area contributed by atoms with Crippen molar-refractivity contribution in [3.63, 3.8) is 0 Å². The van der Waals surface area contributed by atoms with Crippen molar-refractivity contribution in [3.05, 3.63) is 29.6 Å². The minimum absolute atomic E-state index is 0.125. The molecule has 3 heterocycles. The van der Waals surface area contributed by atoms with Gasteiger partial charge in [0.1, 0.15) is 5.82 Å². The van der Waals surface area contributed by atoms with Crippen molar-refractivity contribution in [2.24, 2.45) is 11.8 Å². The third-order valence-electron chi connectivity index (χ3n) is 7.32. The fourth-order valence-corrected chi connectivity index (χ4v) is 5.78. The van der Waals surface area contributed by atoms with Crippen molar-refractivity contribution >= 4 is 5.82 Å². The molecule has 2 aromatic rings. The number of halogens is 3. The zero-order valence-corrected chi connectivity index (χ0v) is 18.6. The highest BCUT2D eigenvalue weighted by atomic mass is 19.4. The Labute approximate surface area is 185 Å². The average molecular weight is 450 g/mol. The molecule has 5 atom stereocenters. The second-order valence-electron chi connectivity index (χ2n) is 9.80. The van der Waals surface area contributed by atoms with Crippen molar-refractivity contribution in [2.75, 3.05) is 25.4 Å². The maximum atomic E-state index is 13.3. The van der Waals surface area contributed by atoms with Crippen LogP contribution in [0.3, 0.4) is 0 Å². The number of anilines is 1. The summed E-state index contributed by atoms with van der Waals surface area (Å²) in [5, 5.41) is 4.68. The van der Waals surface area contributed by atoms with E-state index in [1.54, 1.807) is 0 Å². The van der Waals surface area contributed by atoms with Gasteiger partial charge in [-0.25, -0.2) is 4.98 Å². The Balaban J connectivity index is 1.37. The van der Waals surface area contributed by atoms with E-state index in [4.69, 9.17) is 10.5 Å². The van der Waals surface area contributed by atoms with E-state index in [1.807, 2.05) is 10.7 Å². The van der Waals surface area contributed by atoms with E-state index in [1.165, 1.54) is 19.0 Å². The van der Waals surface area contributed by atoms with E-state index < -0.39 is 17.6 Å². The summed E-state index contributed by atoms with van der Waals surface area (Å²) in [6.45, 7) is 9.03. The van der Waals surface area contributed by atoms with Gasteiger partial charge in [-0.2, -0.15) is 18.3 Å². The predicted octanol–water partition coefficient (Wildman–Crippen LogP) is 4.34. The van der Waals surface area contributed by atoms with Crippen LogP contribution in [0.1, 0.15) is 56.8 Å². The van der Waals surface area contributed by atoms with Gasteiger partial charge < -0.3 is 10.5 Å². The molecule has 5 rings (SSSR count). The molecular weight excluding hydrogens is 419 g/mol. The second-order valence-corrected chi connectivity index (χ2v) is 9.80. The number of morpholine rings is 1. The second kappa shape index (κ2) is 7.73.